The molecule has 6 nitrogen and oxygen atoms in total. The Morgan fingerprint density at radius 1 is 1.06 bits per heavy atom. The molecule has 0 saturated heterocycles. The highest BCUT2D eigenvalue weighted by atomic mass is 19.1. The van der Waals surface area contributed by atoms with Crippen LogP contribution in [0.15, 0.2) is 36.4 Å². The van der Waals surface area contributed by atoms with Gasteiger partial charge in [-0.2, -0.15) is 4.98 Å². The zero-order chi connectivity index (χ0) is 22.6. The highest BCUT2D eigenvalue weighted by Gasteiger charge is 2.29. The monoisotopic (exact) mass is 441 g/mol. The van der Waals surface area contributed by atoms with Crippen molar-refractivity contribution < 1.29 is 9.50 Å². The van der Waals surface area contributed by atoms with Gasteiger partial charge in [0, 0.05) is 17.8 Å². The van der Waals surface area contributed by atoms with Gasteiger partial charge < -0.3 is 10.0 Å². The third-order valence-corrected chi connectivity index (χ3v) is 6.84. The molecule has 6 rings (SSSR count). The average molecular weight is 442 g/mol. The number of aromatic nitrogens is 4. The molecule has 4 aromatic rings. The van der Waals surface area contributed by atoms with Crippen LogP contribution in [0.25, 0.3) is 16.7 Å². The van der Waals surface area contributed by atoms with E-state index in [1.54, 1.807) is 10.5 Å². The Bertz CT molecular complexity index is 1460. The molecule has 1 aliphatic carbocycles. The van der Waals surface area contributed by atoms with Crippen molar-refractivity contribution in [3.63, 3.8) is 0 Å². The van der Waals surface area contributed by atoms with Crippen LogP contribution in [0.4, 0.5) is 15.9 Å². The lowest BCUT2D eigenvalue weighted by Gasteiger charge is -2.32. The molecule has 7 heteroatoms. The summed E-state index contributed by atoms with van der Waals surface area (Å²) in [6.45, 7) is 2.55. The van der Waals surface area contributed by atoms with Gasteiger partial charge in [0.25, 0.3) is 5.78 Å². The van der Waals surface area contributed by atoms with E-state index >= 15 is 4.39 Å². The molecule has 1 N–H and O–H groups in total. The average Bonchev–Trinajstić information content (AvgIpc) is 3.43. The molecule has 0 atom stereocenters. The summed E-state index contributed by atoms with van der Waals surface area (Å²) in [4.78, 5) is 6.83. The second-order valence-corrected chi connectivity index (χ2v) is 9.00. The van der Waals surface area contributed by atoms with Crippen LogP contribution in [0, 0.1) is 24.6 Å². The molecule has 0 spiro atoms. The van der Waals surface area contributed by atoms with Crippen molar-refractivity contribution in [3.05, 3.63) is 59.2 Å². The van der Waals surface area contributed by atoms with Gasteiger partial charge in [0.05, 0.1) is 10.9 Å². The Hall–Kier alpha value is -3.50. The number of hydrogen-bond acceptors (Lipinski definition) is 5. The molecule has 33 heavy (non-hydrogen) atoms. The lowest BCUT2D eigenvalue weighted by Crippen LogP contribution is -2.27. The molecular formula is C26H24FN5O. The van der Waals surface area contributed by atoms with Crippen molar-refractivity contribution in [1.29, 1.82) is 0 Å². The Kier molecular flexibility index (Phi) is 4.59. The summed E-state index contributed by atoms with van der Waals surface area (Å²) in [7, 11) is 0. The standard InChI is InChI=1S/C26H24FN5O/c1-17-29-30-25-28-24(23-20(27)9-5-11-22(23)32(17)25)31-16-6-8-19-18(7-4-10-21(19)31)12-15-26(33)13-2-3-14-26/h4-5,7,9-11,33H,2-3,6,8,13-14,16H2,1H3. The molecule has 3 heterocycles. The number of aliphatic hydroxyl groups is 1. The van der Waals surface area contributed by atoms with Gasteiger partial charge >= 0.3 is 0 Å². The van der Waals surface area contributed by atoms with Crippen LogP contribution in [0.1, 0.15) is 49.1 Å². The van der Waals surface area contributed by atoms with E-state index in [-0.39, 0.29) is 5.82 Å². The Morgan fingerprint density at radius 3 is 2.73 bits per heavy atom. The fourth-order valence-electron chi connectivity index (χ4n) is 5.20. The van der Waals surface area contributed by atoms with Crippen LogP contribution in [0.5, 0.6) is 0 Å². The van der Waals surface area contributed by atoms with Crippen molar-refractivity contribution >= 4 is 28.2 Å². The summed E-state index contributed by atoms with van der Waals surface area (Å²) in [5.41, 5.74) is 2.82. The Balaban J connectivity index is 1.53. The fraction of sp³-hybridized carbons (Fsp3) is 0.346. The van der Waals surface area contributed by atoms with E-state index < -0.39 is 5.60 Å². The maximum atomic E-state index is 15.2. The maximum Gasteiger partial charge on any atom is 0.257 e. The van der Waals surface area contributed by atoms with E-state index in [1.807, 2.05) is 31.2 Å². The zero-order valence-electron chi connectivity index (χ0n) is 18.5. The quantitative estimate of drug-likeness (QED) is 0.442. The van der Waals surface area contributed by atoms with E-state index in [0.717, 1.165) is 55.3 Å². The molecule has 1 aliphatic heterocycles. The van der Waals surface area contributed by atoms with E-state index in [4.69, 9.17) is 4.98 Å². The van der Waals surface area contributed by atoms with Crippen LogP contribution < -0.4 is 4.90 Å². The van der Waals surface area contributed by atoms with Crippen molar-refractivity contribution in [2.45, 2.75) is 51.0 Å². The number of nitrogens with zero attached hydrogens (tertiary/aromatic N) is 5. The Morgan fingerprint density at radius 2 is 1.88 bits per heavy atom. The maximum absolute atomic E-state index is 15.2. The number of hydrogen-bond donors (Lipinski definition) is 1. The minimum atomic E-state index is -0.880. The molecule has 0 radical (unpaired) electrons. The molecule has 0 amide bonds. The summed E-state index contributed by atoms with van der Waals surface area (Å²) in [5.74, 6) is 7.74. The molecular weight excluding hydrogens is 417 g/mol. The van der Waals surface area contributed by atoms with Crippen LogP contribution >= 0.6 is 0 Å². The minimum Gasteiger partial charge on any atom is -0.378 e. The topological polar surface area (TPSA) is 66.5 Å². The first kappa shape index (κ1) is 20.1. The molecule has 0 bridgehead atoms. The molecule has 2 aromatic carbocycles. The van der Waals surface area contributed by atoms with Crippen LogP contribution in [-0.4, -0.2) is 36.8 Å². The Labute approximate surface area is 191 Å². The van der Waals surface area contributed by atoms with Crippen LogP contribution in [0.2, 0.25) is 0 Å². The first-order chi connectivity index (χ1) is 16.0. The van der Waals surface area contributed by atoms with Gasteiger partial charge in [-0.3, -0.25) is 4.40 Å². The zero-order valence-corrected chi connectivity index (χ0v) is 18.5. The SMILES string of the molecule is Cc1nnc2nc(N3CCCc4c(C#CC5(O)CCCC5)cccc43)c3c(F)cccc3n12. The molecule has 1 fully saturated rings. The molecule has 0 unspecified atom stereocenters. The van der Waals surface area contributed by atoms with Gasteiger partial charge in [0.1, 0.15) is 23.1 Å². The third-order valence-electron chi connectivity index (χ3n) is 6.84. The first-order valence-corrected chi connectivity index (χ1v) is 11.5. The van der Waals surface area contributed by atoms with Gasteiger partial charge in [-0.25, -0.2) is 4.39 Å². The lowest BCUT2D eigenvalue weighted by molar-refractivity contribution is 0.110. The summed E-state index contributed by atoms with van der Waals surface area (Å²) in [6, 6.07) is 11.1. The van der Waals surface area contributed by atoms with Gasteiger partial charge in [0.15, 0.2) is 0 Å². The number of rotatable bonds is 1. The normalized spacial score (nSPS) is 17.2. The number of anilines is 2. The highest BCUT2D eigenvalue weighted by molar-refractivity contribution is 5.94. The van der Waals surface area contributed by atoms with Gasteiger partial charge in [0.2, 0.25) is 0 Å². The predicted molar refractivity (Wildman–Crippen MR) is 125 cm³/mol. The highest BCUT2D eigenvalue weighted by Crippen LogP contribution is 2.39. The van der Waals surface area contributed by atoms with E-state index in [2.05, 4.69) is 26.9 Å². The number of fused-ring (bicyclic) bond motifs is 4. The second-order valence-electron chi connectivity index (χ2n) is 9.00. The summed E-state index contributed by atoms with van der Waals surface area (Å²) in [5, 5.41) is 19.5. The smallest absolute Gasteiger partial charge is 0.257 e. The minimum absolute atomic E-state index is 0.323. The van der Waals surface area contributed by atoms with Crippen molar-refractivity contribution in [2.75, 3.05) is 11.4 Å². The number of halogens is 1. The van der Waals surface area contributed by atoms with E-state index in [9.17, 15) is 5.11 Å². The van der Waals surface area contributed by atoms with E-state index in [0.29, 0.717) is 34.9 Å². The third kappa shape index (κ3) is 3.25. The first-order valence-electron chi connectivity index (χ1n) is 11.5. The van der Waals surface area contributed by atoms with Gasteiger partial charge in [-0.15, -0.1) is 10.2 Å². The van der Waals surface area contributed by atoms with Gasteiger partial charge in [-0.05, 0) is 75.3 Å². The van der Waals surface area contributed by atoms with Gasteiger partial charge in [-0.1, -0.05) is 24.0 Å². The number of aryl methyl sites for hydroxylation is 1. The fourth-order valence-corrected chi connectivity index (χ4v) is 5.20. The summed E-state index contributed by atoms with van der Waals surface area (Å²) < 4.78 is 17.0. The molecule has 2 aliphatic rings. The van der Waals surface area contributed by atoms with Crippen molar-refractivity contribution in [3.8, 4) is 11.8 Å². The van der Waals surface area contributed by atoms with Crippen LogP contribution in [0.3, 0.4) is 0 Å². The molecule has 1 saturated carbocycles. The molecule has 2 aromatic heterocycles. The van der Waals surface area contributed by atoms with Crippen molar-refractivity contribution in [1.82, 2.24) is 19.6 Å². The van der Waals surface area contributed by atoms with Crippen LogP contribution in [-0.2, 0) is 6.42 Å². The predicted octanol–water partition coefficient (Wildman–Crippen LogP) is 4.47. The summed E-state index contributed by atoms with van der Waals surface area (Å²) in [6.07, 6.45) is 5.26. The second kappa shape index (κ2) is 7.53. The summed E-state index contributed by atoms with van der Waals surface area (Å²) >= 11 is 0. The van der Waals surface area contributed by atoms with Crippen molar-refractivity contribution in [2.24, 2.45) is 0 Å². The lowest BCUT2D eigenvalue weighted by atomic mass is 9.95. The largest absolute Gasteiger partial charge is 0.378 e. The van der Waals surface area contributed by atoms with E-state index in [1.165, 1.54) is 6.07 Å². The number of benzene rings is 2. The molecule has 166 valence electrons.